The summed E-state index contributed by atoms with van der Waals surface area (Å²) >= 11 is 0. The molecule has 1 saturated heterocycles. The van der Waals surface area contributed by atoms with E-state index in [1.54, 1.807) is 18.5 Å². The zero-order valence-electron chi connectivity index (χ0n) is 13.9. The van der Waals surface area contributed by atoms with E-state index < -0.39 is 0 Å². The first-order valence-electron chi connectivity index (χ1n) is 8.67. The molecule has 0 aliphatic carbocycles. The van der Waals surface area contributed by atoms with Crippen LogP contribution in [0, 0.1) is 5.82 Å². The fourth-order valence-electron chi connectivity index (χ4n) is 3.64. The van der Waals surface area contributed by atoms with E-state index >= 15 is 0 Å². The highest BCUT2D eigenvalue weighted by atomic mass is 19.1. The van der Waals surface area contributed by atoms with Crippen molar-refractivity contribution in [3.8, 4) is 0 Å². The molecule has 0 bridgehead atoms. The molecule has 5 heteroatoms. The number of rotatable bonds is 4. The average molecular weight is 337 g/mol. The van der Waals surface area contributed by atoms with Crippen LogP contribution in [-0.2, 0) is 11.3 Å². The van der Waals surface area contributed by atoms with Crippen molar-refractivity contribution in [2.75, 3.05) is 6.54 Å². The number of likely N-dealkylation sites (tertiary alicyclic amines) is 1. The van der Waals surface area contributed by atoms with Crippen LogP contribution < -0.4 is 0 Å². The molecule has 3 aromatic rings. The lowest BCUT2D eigenvalue weighted by atomic mass is 10.0. The van der Waals surface area contributed by atoms with Crippen LogP contribution in [0.3, 0.4) is 0 Å². The predicted octanol–water partition coefficient (Wildman–Crippen LogP) is 3.93. The Hall–Kier alpha value is -2.69. The minimum absolute atomic E-state index is 0.0626. The SMILES string of the molecule is O=C(CCn1cnc2ccccc21)N1CCCC1c1ccc(F)cc1. The molecule has 1 unspecified atom stereocenters. The summed E-state index contributed by atoms with van der Waals surface area (Å²) < 4.78 is 15.2. The summed E-state index contributed by atoms with van der Waals surface area (Å²) in [6, 6.07) is 14.5. The Bertz CT molecular complexity index is 887. The highest BCUT2D eigenvalue weighted by Gasteiger charge is 2.29. The third-order valence-electron chi connectivity index (χ3n) is 4.92. The van der Waals surface area contributed by atoms with Crippen LogP contribution in [0.4, 0.5) is 4.39 Å². The van der Waals surface area contributed by atoms with Gasteiger partial charge in [0.25, 0.3) is 0 Å². The maximum atomic E-state index is 13.1. The van der Waals surface area contributed by atoms with E-state index in [0.29, 0.717) is 13.0 Å². The van der Waals surface area contributed by atoms with Gasteiger partial charge in [0, 0.05) is 19.5 Å². The molecular formula is C20H20FN3O. The number of hydrogen-bond acceptors (Lipinski definition) is 2. The minimum atomic E-state index is -0.244. The van der Waals surface area contributed by atoms with Crippen molar-refractivity contribution < 1.29 is 9.18 Å². The smallest absolute Gasteiger partial charge is 0.224 e. The van der Waals surface area contributed by atoms with Gasteiger partial charge in [0.1, 0.15) is 5.82 Å². The summed E-state index contributed by atoms with van der Waals surface area (Å²) in [5, 5.41) is 0. The molecule has 1 aliphatic rings. The van der Waals surface area contributed by atoms with Crippen LogP contribution in [0.1, 0.15) is 30.9 Å². The van der Waals surface area contributed by atoms with Crippen LogP contribution >= 0.6 is 0 Å². The monoisotopic (exact) mass is 337 g/mol. The molecule has 1 amide bonds. The summed E-state index contributed by atoms with van der Waals surface area (Å²) in [6.45, 7) is 1.39. The Morgan fingerprint density at radius 3 is 2.80 bits per heavy atom. The molecule has 0 radical (unpaired) electrons. The average Bonchev–Trinajstić information content (AvgIpc) is 3.28. The molecule has 4 rings (SSSR count). The van der Waals surface area contributed by atoms with Gasteiger partial charge in [-0.2, -0.15) is 0 Å². The molecule has 0 N–H and O–H groups in total. The van der Waals surface area contributed by atoms with Crippen molar-refractivity contribution >= 4 is 16.9 Å². The number of aryl methyl sites for hydroxylation is 1. The van der Waals surface area contributed by atoms with Gasteiger partial charge in [-0.1, -0.05) is 24.3 Å². The molecule has 2 heterocycles. The maximum Gasteiger partial charge on any atom is 0.224 e. The summed E-state index contributed by atoms with van der Waals surface area (Å²) in [4.78, 5) is 19.0. The number of carbonyl (C=O) groups excluding carboxylic acids is 1. The van der Waals surface area contributed by atoms with Gasteiger partial charge in [0.2, 0.25) is 5.91 Å². The topological polar surface area (TPSA) is 38.1 Å². The van der Waals surface area contributed by atoms with Gasteiger partial charge in [-0.25, -0.2) is 9.37 Å². The number of fused-ring (bicyclic) bond motifs is 1. The number of para-hydroxylation sites is 2. The first-order chi connectivity index (χ1) is 12.2. The van der Waals surface area contributed by atoms with Gasteiger partial charge >= 0.3 is 0 Å². The zero-order valence-corrected chi connectivity index (χ0v) is 13.9. The summed E-state index contributed by atoms with van der Waals surface area (Å²) in [5.74, 6) is -0.101. The zero-order chi connectivity index (χ0) is 17.2. The molecule has 0 saturated carbocycles. The quantitative estimate of drug-likeness (QED) is 0.723. The number of carbonyl (C=O) groups is 1. The normalized spacial score (nSPS) is 17.3. The van der Waals surface area contributed by atoms with Crippen molar-refractivity contribution in [3.05, 3.63) is 66.2 Å². The van der Waals surface area contributed by atoms with Crippen molar-refractivity contribution in [2.45, 2.75) is 31.8 Å². The third-order valence-corrected chi connectivity index (χ3v) is 4.92. The van der Waals surface area contributed by atoms with Gasteiger partial charge < -0.3 is 9.47 Å². The largest absolute Gasteiger partial charge is 0.336 e. The Morgan fingerprint density at radius 2 is 1.96 bits per heavy atom. The van der Waals surface area contributed by atoms with Crippen LogP contribution in [0.15, 0.2) is 54.9 Å². The fourth-order valence-corrected chi connectivity index (χ4v) is 3.64. The molecule has 128 valence electrons. The molecule has 2 aromatic carbocycles. The summed E-state index contributed by atoms with van der Waals surface area (Å²) in [7, 11) is 0. The van der Waals surface area contributed by atoms with Crippen LogP contribution in [-0.4, -0.2) is 26.9 Å². The van der Waals surface area contributed by atoms with Gasteiger partial charge in [0.15, 0.2) is 0 Å². The summed E-state index contributed by atoms with van der Waals surface area (Å²) in [5.41, 5.74) is 3.01. The number of amides is 1. The van der Waals surface area contributed by atoms with Gasteiger partial charge in [-0.3, -0.25) is 4.79 Å². The molecule has 1 aromatic heterocycles. The molecule has 1 atom stereocenters. The molecule has 0 spiro atoms. The van der Waals surface area contributed by atoms with Crippen LogP contribution in [0.2, 0.25) is 0 Å². The number of aromatic nitrogens is 2. The number of benzene rings is 2. The first kappa shape index (κ1) is 15.8. The molecule has 4 nitrogen and oxygen atoms in total. The lowest BCUT2D eigenvalue weighted by Crippen LogP contribution is -2.31. The number of halogens is 1. The number of imidazole rings is 1. The second-order valence-corrected chi connectivity index (χ2v) is 6.47. The lowest BCUT2D eigenvalue weighted by Gasteiger charge is -2.25. The Balaban J connectivity index is 1.46. The standard InChI is InChI=1S/C20H20FN3O/c21-16-9-7-15(8-10-16)18-6-3-12-24(18)20(25)11-13-23-14-22-17-4-1-2-5-19(17)23/h1-2,4-5,7-10,14,18H,3,6,11-13H2. The van der Waals surface area contributed by atoms with E-state index in [-0.39, 0.29) is 17.8 Å². The van der Waals surface area contributed by atoms with Crippen molar-refractivity contribution in [1.29, 1.82) is 0 Å². The lowest BCUT2D eigenvalue weighted by molar-refractivity contribution is -0.132. The Labute approximate surface area is 145 Å². The second kappa shape index (κ2) is 6.67. The van der Waals surface area contributed by atoms with E-state index in [0.717, 1.165) is 36.0 Å². The highest BCUT2D eigenvalue weighted by Crippen LogP contribution is 2.32. The Morgan fingerprint density at radius 1 is 1.16 bits per heavy atom. The van der Waals surface area contributed by atoms with Crippen molar-refractivity contribution in [3.63, 3.8) is 0 Å². The maximum absolute atomic E-state index is 13.1. The molecule has 1 fully saturated rings. The van der Waals surface area contributed by atoms with E-state index in [4.69, 9.17) is 0 Å². The fraction of sp³-hybridized carbons (Fsp3) is 0.300. The second-order valence-electron chi connectivity index (χ2n) is 6.47. The van der Waals surface area contributed by atoms with E-state index in [9.17, 15) is 9.18 Å². The van der Waals surface area contributed by atoms with E-state index in [2.05, 4.69) is 4.98 Å². The van der Waals surface area contributed by atoms with E-state index in [1.807, 2.05) is 33.7 Å². The molecule has 25 heavy (non-hydrogen) atoms. The number of nitrogens with zero attached hydrogens (tertiary/aromatic N) is 3. The van der Waals surface area contributed by atoms with Crippen LogP contribution in [0.5, 0.6) is 0 Å². The van der Waals surface area contributed by atoms with Crippen molar-refractivity contribution in [1.82, 2.24) is 14.5 Å². The van der Waals surface area contributed by atoms with E-state index in [1.165, 1.54) is 12.1 Å². The summed E-state index contributed by atoms with van der Waals surface area (Å²) in [6.07, 6.45) is 4.16. The first-order valence-corrected chi connectivity index (χ1v) is 8.67. The minimum Gasteiger partial charge on any atom is -0.336 e. The third kappa shape index (κ3) is 3.14. The number of hydrogen-bond donors (Lipinski definition) is 0. The predicted molar refractivity (Wildman–Crippen MR) is 94.4 cm³/mol. The van der Waals surface area contributed by atoms with Crippen LogP contribution in [0.25, 0.3) is 11.0 Å². The van der Waals surface area contributed by atoms with Gasteiger partial charge in [0.05, 0.1) is 23.4 Å². The molecular weight excluding hydrogens is 317 g/mol. The van der Waals surface area contributed by atoms with Crippen molar-refractivity contribution in [2.24, 2.45) is 0 Å². The van der Waals surface area contributed by atoms with Gasteiger partial charge in [-0.15, -0.1) is 0 Å². The Kier molecular flexibility index (Phi) is 4.22. The van der Waals surface area contributed by atoms with Gasteiger partial charge in [-0.05, 0) is 42.7 Å². The molecule has 1 aliphatic heterocycles. The highest BCUT2D eigenvalue weighted by molar-refractivity contribution is 5.78.